The molecule has 3 heteroatoms. The fraction of sp³-hybridized carbons (Fsp3) is 0.333. The summed E-state index contributed by atoms with van der Waals surface area (Å²) in [5.41, 5.74) is 6.10. The number of hydrogen-bond donors (Lipinski definition) is 1. The van der Waals surface area contributed by atoms with Crippen LogP contribution in [0.5, 0.6) is 11.5 Å². The topological polar surface area (TPSA) is 30.5 Å². The Kier molecular flexibility index (Phi) is 4.86. The molecule has 112 valence electrons. The Balaban J connectivity index is 2.64. The molecule has 0 aliphatic heterocycles. The molecule has 3 nitrogen and oxygen atoms in total. The van der Waals surface area contributed by atoms with E-state index in [1.807, 2.05) is 13.1 Å². The number of aryl methyl sites for hydroxylation is 2. The molecule has 2 aromatic carbocycles. The van der Waals surface area contributed by atoms with Gasteiger partial charge < -0.3 is 14.8 Å². The molecular weight excluding hydrogens is 262 g/mol. The maximum Gasteiger partial charge on any atom is 0.161 e. The lowest BCUT2D eigenvalue weighted by Gasteiger charge is -2.16. The van der Waals surface area contributed by atoms with Crippen LogP contribution in [0.4, 0.5) is 0 Å². The van der Waals surface area contributed by atoms with E-state index in [0.717, 1.165) is 18.0 Å². The number of hydrogen-bond acceptors (Lipinski definition) is 3. The average Bonchev–Trinajstić information content (AvgIpc) is 2.46. The zero-order valence-electron chi connectivity index (χ0n) is 13.4. The van der Waals surface area contributed by atoms with Crippen molar-refractivity contribution in [1.29, 1.82) is 0 Å². The van der Waals surface area contributed by atoms with Crippen LogP contribution in [-0.2, 0) is 6.54 Å². The van der Waals surface area contributed by atoms with Crippen molar-refractivity contribution in [3.8, 4) is 22.6 Å². The van der Waals surface area contributed by atoms with Gasteiger partial charge in [0.15, 0.2) is 11.5 Å². The van der Waals surface area contributed by atoms with Gasteiger partial charge in [0.1, 0.15) is 0 Å². The molecule has 0 saturated carbocycles. The summed E-state index contributed by atoms with van der Waals surface area (Å²) in [6.07, 6.45) is 0. The summed E-state index contributed by atoms with van der Waals surface area (Å²) >= 11 is 0. The Morgan fingerprint density at radius 1 is 0.857 bits per heavy atom. The van der Waals surface area contributed by atoms with Crippen LogP contribution in [0.3, 0.4) is 0 Å². The Labute approximate surface area is 126 Å². The monoisotopic (exact) mass is 285 g/mol. The normalized spacial score (nSPS) is 10.5. The van der Waals surface area contributed by atoms with Gasteiger partial charge in [-0.25, -0.2) is 0 Å². The van der Waals surface area contributed by atoms with Gasteiger partial charge in [-0.2, -0.15) is 0 Å². The molecule has 0 saturated heterocycles. The highest BCUT2D eigenvalue weighted by Gasteiger charge is 2.12. The van der Waals surface area contributed by atoms with Crippen LogP contribution in [-0.4, -0.2) is 21.3 Å². The zero-order valence-corrected chi connectivity index (χ0v) is 13.4. The fourth-order valence-corrected chi connectivity index (χ4v) is 2.66. The maximum absolute atomic E-state index is 5.45. The van der Waals surface area contributed by atoms with Crippen LogP contribution in [0.25, 0.3) is 11.1 Å². The molecule has 2 rings (SSSR count). The van der Waals surface area contributed by atoms with Gasteiger partial charge in [0.2, 0.25) is 0 Å². The molecular formula is C18H23NO2. The lowest BCUT2D eigenvalue weighted by Crippen LogP contribution is -2.07. The Hall–Kier alpha value is -2.00. The van der Waals surface area contributed by atoms with E-state index in [2.05, 4.69) is 43.4 Å². The molecule has 0 aromatic heterocycles. The van der Waals surface area contributed by atoms with E-state index in [1.165, 1.54) is 27.8 Å². The molecule has 0 aliphatic carbocycles. The van der Waals surface area contributed by atoms with Gasteiger partial charge in [-0.1, -0.05) is 29.3 Å². The molecule has 21 heavy (non-hydrogen) atoms. The second-order valence-corrected chi connectivity index (χ2v) is 5.27. The Bertz CT molecular complexity index is 615. The van der Waals surface area contributed by atoms with E-state index in [9.17, 15) is 0 Å². The molecule has 0 heterocycles. The molecule has 0 unspecified atom stereocenters. The van der Waals surface area contributed by atoms with Crippen LogP contribution in [0.2, 0.25) is 0 Å². The number of nitrogens with one attached hydrogen (secondary N) is 1. The minimum absolute atomic E-state index is 0.756. The second-order valence-electron chi connectivity index (χ2n) is 5.27. The van der Waals surface area contributed by atoms with Crippen LogP contribution in [0.1, 0.15) is 16.7 Å². The van der Waals surface area contributed by atoms with Gasteiger partial charge in [0, 0.05) is 6.54 Å². The number of rotatable bonds is 5. The fourth-order valence-electron chi connectivity index (χ4n) is 2.66. The highest BCUT2D eigenvalue weighted by molar-refractivity contribution is 5.72. The third-order valence-electron chi connectivity index (χ3n) is 3.51. The summed E-state index contributed by atoms with van der Waals surface area (Å²) in [6.45, 7) is 5.02. The third-order valence-corrected chi connectivity index (χ3v) is 3.51. The van der Waals surface area contributed by atoms with Crippen LogP contribution >= 0.6 is 0 Å². The first-order valence-corrected chi connectivity index (χ1v) is 7.07. The van der Waals surface area contributed by atoms with Crippen molar-refractivity contribution in [2.24, 2.45) is 0 Å². The van der Waals surface area contributed by atoms with Crippen molar-refractivity contribution >= 4 is 0 Å². The second kappa shape index (κ2) is 6.64. The summed E-state index contributed by atoms with van der Waals surface area (Å²) in [5.74, 6) is 1.52. The summed E-state index contributed by atoms with van der Waals surface area (Å²) in [5, 5.41) is 3.22. The van der Waals surface area contributed by atoms with E-state index in [0.29, 0.717) is 0 Å². The summed E-state index contributed by atoms with van der Waals surface area (Å²) in [4.78, 5) is 0. The zero-order chi connectivity index (χ0) is 15.4. The lowest BCUT2D eigenvalue weighted by atomic mass is 9.96. The molecule has 0 spiro atoms. The highest BCUT2D eigenvalue weighted by atomic mass is 16.5. The smallest absolute Gasteiger partial charge is 0.161 e. The van der Waals surface area contributed by atoms with E-state index in [1.54, 1.807) is 14.2 Å². The number of methoxy groups -OCH3 is 2. The van der Waals surface area contributed by atoms with Gasteiger partial charge in [-0.3, -0.25) is 0 Å². The predicted molar refractivity (Wildman–Crippen MR) is 87.2 cm³/mol. The van der Waals surface area contributed by atoms with Crippen molar-refractivity contribution in [3.05, 3.63) is 47.0 Å². The quantitative estimate of drug-likeness (QED) is 0.908. The van der Waals surface area contributed by atoms with E-state index in [4.69, 9.17) is 9.47 Å². The number of ether oxygens (including phenoxy) is 2. The van der Waals surface area contributed by atoms with Crippen molar-refractivity contribution in [2.45, 2.75) is 20.4 Å². The van der Waals surface area contributed by atoms with Crippen LogP contribution < -0.4 is 14.8 Å². The first-order valence-electron chi connectivity index (χ1n) is 7.07. The van der Waals surface area contributed by atoms with E-state index in [-0.39, 0.29) is 0 Å². The van der Waals surface area contributed by atoms with Gasteiger partial charge in [0.05, 0.1) is 14.2 Å². The van der Waals surface area contributed by atoms with E-state index < -0.39 is 0 Å². The third kappa shape index (κ3) is 3.37. The standard InChI is InChI=1S/C18H23NO2/c1-12-6-13(2)8-14(7-12)16-10-18(21-5)17(20-4)9-15(16)11-19-3/h6-10,19H,11H2,1-5H3. The molecule has 0 aliphatic rings. The minimum Gasteiger partial charge on any atom is -0.493 e. The molecule has 1 N–H and O–H groups in total. The van der Waals surface area contributed by atoms with Gasteiger partial charge in [-0.05, 0) is 49.7 Å². The minimum atomic E-state index is 0.756. The molecule has 0 fully saturated rings. The largest absolute Gasteiger partial charge is 0.493 e. The van der Waals surface area contributed by atoms with Crippen LogP contribution in [0.15, 0.2) is 30.3 Å². The predicted octanol–water partition coefficient (Wildman–Crippen LogP) is 3.71. The molecule has 0 amide bonds. The molecule has 0 radical (unpaired) electrons. The van der Waals surface area contributed by atoms with Gasteiger partial charge in [-0.15, -0.1) is 0 Å². The highest BCUT2D eigenvalue weighted by Crippen LogP contribution is 2.36. The lowest BCUT2D eigenvalue weighted by molar-refractivity contribution is 0.354. The molecule has 2 aromatic rings. The van der Waals surface area contributed by atoms with E-state index >= 15 is 0 Å². The first-order chi connectivity index (χ1) is 10.1. The molecule has 0 atom stereocenters. The first kappa shape index (κ1) is 15.4. The maximum atomic E-state index is 5.45. The molecule has 0 bridgehead atoms. The van der Waals surface area contributed by atoms with Crippen molar-refractivity contribution < 1.29 is 9.47 Å². The average molecular weight is 285 g/mol. The van der Waals surface area contributed by atoms with Crippen LogP contribution in [0, 0.1) is 13.8 Å². The Morgan fingerprint density at radius 2 is 1.43 bits per heavy atom. The summed E-state index contributed by atoms with van der Waals surface area (Å²) in [7, 11) is 5.28. The van der Waals surface area contributed by atoms with Gasteiger partial charge in [0.25, 0.3) is 0 Å². The SMILES string of the molecule is CNCc1cc(OC)c(OC)cc1-c1cc(C)cc(C)c1. The summed E-state index contributed by atoms with van der Waals surface area (Å²) in [6, 6.07) is 10.7. The number of benzene rings is 2. The Morgan fingerprint density at radius 3 is 1.95 bits per heavy atom. The van der Waals surface area contributed by atoms with Crippen molar-refractivity contribution in [1.82, 2.24) is 5.32 Å². The summed E-state index contributed by atoms with van der Waals surface area (Å²) < 4.78 is 10.9. The van der Waals surface area contributed by atoms with Crippen molar-refractivity contribution in [3.63, 3.8) is 0 Å². The van der Waals surface area contributed by atoms with Crippen molar-refractivity contribution in [2.75, 3.05) is 21.3 Å². The van der Waals surface area contributed by atoms with Gasteiger partial charge >= 0.3 is 0 Å².